The number of pyridine rings is 1. The molecule has 0 unspecified atom stereocenters. The van der Waals surface area contributed by atoms with Gasteiger partial charge in [0, 0.05) is 49.6 Å². The molecule has 63 heavy (non-hydrogen) atoms. The smallest absolute Gasteiger partial charge is 0.135 e. The molecule has 1 aliphatic rings. The van der Waals surface area contributed by atoms with Crippen molar-refractivity contribution in [3.8, 4) is 16.9 Å². The number of para-hydroxylation sites is 1. The van der Waals surface area contributed by atoms with E-state index < -0.39 is 5.41 Å². The van der Waals surface area contributed by atoms with Crippen molar-refractivity contribution in [1.82, 2.24) is 9.55 Å². The summed E-state index contributed by atoms with van der Waals surface area (Å²) in [5.74, 6) is 2.19. The number of benzene rings is 5. The van der Waals surface area contributed by atoms with Crippen molar-refractivity contribution in [2.75, 3.05) is 9.80 Å². The van der Waals surface area contributed by atoms with E-state index in [4.69, 9.17) is 4.98 Å². The van der Waals surface area contributed by atoms with Crippen LogP contribution >= 0.6 is 0 Å². The van der Waals surface area contributed by atoms with Crippen molar-refractivity contribution < 1.29 is 21.1 Å². The Morgan fingerprint density at radius 2 is 1.29 bits per heavy atom. The van der Waals surface area contributed by atoms with Gasteiger partial charge in [-0.2, -0.15) is 47.0 Å². The van der Waals surface area contributed by atoms with E-state index >= 15 is 0 Å². The molecule has 5 heteroatoms. The molecule has 7 aromatic rings. The molecule has 3 heterocycles. The topological polar surface area (TPSA) is 24.3 Å². The Kier molecular flexibility index (Phi) is 12.6. The van der Waals surface area contributed by atoms with E-state index in [9.17, 15) is 0 Å². The van der Waals surface area contributed by atoms with Crippen LogP contribution in [0.3, 0.4) is 0 Å². The Hall–Kier alpha value is -4.92. The van der Waals surface area contributed by atoms with Gasteiger partial charge in [-0.25, -0.2) is 4.98 Å². The molecule has 0 radical (unpaired) electrons. The van der Waals surface area contributed by atoms with Crippen LogP contribution in [0.4, 0.5) is 11.4 Å². The van der Waals surface area contributed by atoms with Crippen LogP contribution in [0.2, 0.25) is 0 Å². The number of nitrogens with zero attached hydrogens (tertiary/aromatic N) is 4. The molecule has 0 spiro atoms. The molecule has 0 saturated carbocycles. The van der Waals surface area contributed by atoms with Crippen molar-refractivity contribution in [2.24, 2.45) is 5.41 Å². The summed E-state index contributed by atoms with van der Waals surface area (Å²) in [7, 11) is 0. The monoisotopic (exact) mass is 1010 g/mol. The van der Waals surface area contributed by atoms with E-state index in [-0.39, 0.29) is 31.9 Å². The van der Waals surface area contributed by atoms with Crippen molar-refractivity contribution in [2.45, 2.75) is 126 Å². The second-order valence-electron chi connectivity index (χ2n) is 21.0. The molecule has 0 aliphatic carbocycles. The summed E-state index contributed by atoms with van der Waals surface area (Å²) in [6.07, 6.45) is 4.25. The predicted octanol–water partition coefficient (Wildman–Crippen LogP) is 15.8. The van der Waals surface area contributed by atoms with Gasteiger partial charge < -0.3 is 14.4 Å². The number of fused-ring (bicyclic) bond motifs is 3. The van der Waals surface area contributed by atoms with Crippen LogP contribution in [-0.4, -0.2) is 9.55 Å². The molecule has 8 rings (SSSR count). The summed E-state index contributed by atoms with van der Waals surface area (Å²) >= 11 is 0. The summed E-state index contributed by atoms with van der Waals surface area (Å²) in [5, 5.41) is 2.38. The van der Waals surface area contributed by atoms with Crippen LogP contribution < -0.4 is 9.80 Å². The van der Waals surface area contributed by atoms with Gasteiger partial charge in [0.05, 0.1) is 0 Å². The van der Waals surface area contributed by atoms with Gasteiger partial charge in [-0.05, 0) is 98.3 Å². The van der Waals surface area contributed by atoms with Crippen LogP contribution in [0.15, 0.2) is 121 Å². The van der Waals surface area contributed by atoms with Crippen molar-refractivity contribution >= 4 is 33.2 Å². The van der Waals surface area contributed by atoms with Gasteiger partial charge >= 0.3 is 0 Å². The molecule has 0 saturated heterocycles. The molecule has 0 N–H and O–H groups in total. The predicted molar refractivity (Wildman–Crippen MR) is 264 cm³/mol. The average molecular weight is 1010 g/mol. The van der Waals surface area contributed by atoms with E-state index in [2.05, 4.69) is 239 Å². The number of hydrogen-bond acceptors (Lipinski definition) is 3. The molecule has 2 aromatic heterocycles. The number of aromatic nitrogens is 2. The maximum absolute atomic E-state index is 4.92. The quantitative estimate of drug-likeness (QED) is 0.135. The van der Waals surface area contributed by atoms with Crippen LogP contribution in [0, 0.1) is 24.2 Å². The fourth-order valence-corrected chi connectivity index (χ4v) is 9.00. The zero-order chi connectivity index (χ0) is 44.5. The van der Waals surface area contributed by atoms with Crippen LogP contribution in [0.25, 0.3) is 38.8 Å². The van der Waals surface area contributed by atoms with Crippen molar-refractivity contribution in [3.63, 3.8) is 0 Å². The summed E-state index contributed by atoms with van der Waals surface area (Å²) < 4.78 is 2.29. The normalized spacial score (nSPS) is 13.8. The van der Waals surface area contributed by atoms with E-state index in [1.807, 2.05) is 6.20 Å². The first-order valence-electron chi connectivity index (χ1n) is 22.6. The van der Waals surface area contributed by atoms with Gasteiger partial charge in [-0.15, -0.1) is 23.8 Å². The molecular formula is C58H65N4Pt-3. The second-order valence-corrected chi connectivity index (χ2v) is 21.0. The van der Waals surface area contributed by atoms with Crippen LogP contribution in [0.5, 0.6) is 0 Å². The SMILES string of the molecule is CC(C)c1ccnc(-n2c3[c-]c(C(C)(C)c4[c-]c(N5C=C(C(C)(C)C)N(c6ccc(-c7c(C(C)C)cccc7C(C)C)cc6)[CH-]5)cc(C(C)(C)C)c4)ccc3c3ccccc32)c1.[Pt]. The molecule has 4 nitrogen and oxygen atoms in total. The Labute approximate surface area is 392 Å². The average Bonchev–Trinajstić information content (AvgIpc) is 3.84. The van der Waals surface area contributed by atoms with Gasteiger partial charge in [0.1, 0.15) is 5.82 Å². The zero-order valence-corrected chi connectivity index (χ0v) is 42.2. The molecule has 0 fully saturated rings. The van der Waals surface area contributed by atoms with Gasteiger partial charge in [0.15, 0.2) is 0 Å². The molecule has 0 atom stereocenters. The van der Waals surface area contributed by atoms with Gasteiger partial charge in [-0.3, -0.25) is 0 Å². The summed E-state index contributed by atoms with van der Waals surface area (Å²) in [6.45, 7) is 34.4. The zero-order valence-electron chi connectivity index (χ0n) is 39.9. The molecular weight excluding hydrogens is 948 g/mol. The van der Waals surface area contributed by atoms with Gasteiger partial charge in [0.2, 0.25) is 0 Å². The largest absolute Gasteiger partial charge is 0.500 e. The Morgan fingerprint density at radius 1 is 0.619 bits per heavy atom. The summed E-state index contributed by atoms with van der Waals surface area (Å²) in [4.78, 5) is 9.57. The van der Waals surface area contributed by atoms with E-state index in [1.165, 1.54) is 49.9 Å². The Balaban J connectivity index is 0.00000595. The Morgan fingerprint density at radius 3 is 1.90 bits per heavy atom. The molecule has 1 aliphatic heterocycles. The Bertz CT molecular complexity index is 2780. The molecule has 0 bridgehead atoms. The maximum atomic E-state index is 4.92. The number of rotatable bonds is 9. The second kappa shape index (κ2) is 17.2. The summed E-state index contributed by atoms with van der Waals surface area (Å²) in [5.41, 5.74) is 15.2. The number of allylic oxidation sites excluding steroid dienone is 1. The minimum absolute atomic E-state index is 0. The first-order chi connectivity index (χ1) is 29.2. The van der Waals surface area contributed by atoms with Crippen molar-refractivity contribution in [3.05, 3.63) is 173 Å². The van der Waals surface area contributed by atoms with Crippen LogP contribution in [-0.2, 0) is 31.9 Å². The number of anilines is 2. The van der Waals surface area contributed by atoms with E-state index in [0.717, 1.165) is 39.4 Å². The first-order valence-corrected chi connectivity index (χ1v) is 22.6. The van der Waals surface area contributed by atoms with E-state index in [0.29, 0.717) is 17.8 Å². The van der Waals surface area contributed by atoms with E-state index in [1.54, 1.807) is 0 Å². The maximum Gasteiger partial charge on any atom is 0.135 e. The van der Waals surface area contributed by atoms with Crippen molar-refractivity contribution in [1.29, 1.82) is 0 Å². The minimum atomic E-state index is -0.425. The molecule has 0 amide bonds. The standard InChI is InChI=1S/C58H65N4.Pt/c1-37(2)41-28-29-59-54(30-41)62-51-21-16-15-18-49(51)50-27-24-42(34-52(50)62)58(13,14)44-31-43(56(7,8)9)32-46(33-44)60-35-53(57(10,11)12)61(36-60)45-25-22-40(23-26-45)55-47(38(3)4)19-17-20-48(55)39(5)6;/h15-32,35-39H,1-14H3;/q-3;. The third-order valence-corrected chi connectivity index (χ3v) is 12.9. The summed E-state index contributed by atoms with van der Waals surface area (Å²) in [6, 6.07) is 46.2. The van der Waals surface area contributed by atoms with Crippen LogP contribution in [0.1, 0.15) is 148 Å². The van der Waals surface area contributed by atoms with Gasteiger partial charge in [0.25, 0.3) is 0 Å². The van der Waals surface area contributed by atoms with Gasteiger partial charge in [-0.1, -0.05) is 151 Å². The fraction of sp³-hybridized carbons (Fsp3) is 0.345. The third kappa shape index (κ3) is 8.70. The third-order valence-electron chi connectivity index (χ3n) is 12.9. The number of hydrogen-bond donors (Lipinski definition) is 0. The molecule has 5 aromatic carbocycles. The molecule has 330 valence electrons. The first kappa shape index (κ1) is 46.1. The fourth-order valence-electron chi connectivity index (χ4n) is 9.00. The minimum Gasteiger partial charge on any atom is -0.500 e.